The predicted octanol–water partition coefficient (Wildman–Crippen LogP) is 3.16. The van der Waals surface area contributed by atoms with Crippen LogP contribution >= 0.6 is 0 Å². The maximum atomic E-state index is 11.8. The number of hydrogen-bond acceptors (Lipinski definition) is 2. The third-order valence-corrected chi connectivity index (χ3v) is 1.63. The Labute approximate surface area is 90.6 Å². The molecule has 1 aromatic rings. The van der Waals surface area contributed by atoms with Gasteiger partial charge in [-0.15, -0.1) is 0 Å². The number of rotatable bonds is 3. The summed E-state index contributed by atoms with van der Waals surface area (Å²) in [5, 5.41) is 8.27. The van der Waals surface area contributed by atoms with E-state index >= 15 is 0 Å². The fourth-order valence-corrected chi connectivity index (χ4v) is 0.974. The second kappa shape index (κ2) is 5.21. The molecule has 0 fully saturated rings. The van der Waals surface area contributed by atoms with Crippen LogP contribution in [0, 0.1) is 11.3 Å². The zero-order chi connectivity index (χ0) is 12.0. The molecule has 0 atom stereocenters. The largest absolute Gasteiger partial charge is 0.484 e. The number of alkyl halides is 3. The summed E-state index contributed by atoms with van der Waals surface area (Å²) in [6.45, 7) is -1.31. The van der Waals surface area contributed by atoms with E-state index in [1.54, 1.807) is 18.2 Å². The summed E-state index contributed by atoms with van der Waals surface area (Å²) in [7, 11) is 0. The molecule has 0 aliphatic heterocycles. The van der Waals surface area contributed by atoms with Crippen LogP contribution in [0.3, 0.4) is 0 Å². The minimum Gasteiger partial charge on any atom is -0.484 e. The second-order valence-corrected chi connectivity index (χ2v) is 2.94. The zero-order valence-corrected chi connectivity index (χ0v) is 8.16. The van der Waals surface area contributed by atoms with Gasteiger partial charge in [-0.2, -0.15) is 18.4 Å². The van der Waals surface area contributed by atoms with Crippen molar-refractivity contribution in [3.63, 3.8) is 0 Å². The van der Waals surface area contributed by atoms with Gasteiger partial charge in [0, 0.05) is 6.08 Å². The van der Waals surface area contributed by atoms with E-state index in [-0.39, 0.29) is 5.75 Å². The van der Waals surface area contributed by atoms with Crippen LogP contribution in [0.4, 0.5) is 13.2 Å². The van der Waals surface area contributed by atoms with Gasteiger partial charge in [-0.25, -0.2) is 0 Å². The van der Waals surface area contributed by atoms with Gasteiger partial charge >= 0.3 is 6.18 Å². The number of halogens is 3. The van der Waals surface area contributed by atoms with Gasteiger partial charge < -0.3 is 4.74 Å². The van der Waals surface area contributed by atoms with E-state index < -0.39 is 12.8 Å². The predicted molar refractivity (Wildman–Crippen MR) is 52.6 cm³/mol. The van der Waals surface area contributed by atoms with Gasteiger partial charge in [0.15, 0.2) is 6.61 Å². The van der Waals surface area contributed by atoms with Crippen LogP contribution in [0.5, 0.6) is 5.75 Å². The molecule has 0 spiro atoms. The van der Waals surface area contributed by atoms with Crippen LogP contribution in [-0.2, 0) is 0 Å². The molecule has 0 bridgehead atoms. The molecule has 0 N–H and O–H groups in total. The van der Waals surface area contributed by atoms with Crippen LogP contribution < -0.4 is 4.74 Å². The zero-order valence-electron chi connectivity index (χ0n) is 8.16. The summed E-state index contributed by atoms with van der Waals surface area (Å²) in [5.74, 6) is 0.145. The van der Waals surface area contributed by atoms with E-state index in [2.05, 4.69) is 4.74 Å². The van der Waals surface area contributed by atoms with E-state index in [4.69, 9.17) is 5.26 Å². The van der Waals surface area contributed by atoms with Crippen molar-refractivity contribution in [1.82, 2.24) is 0 Å². The molecular weight excluding hydrogens is 219 g/mol. The molecule has 2 nitrogen and oxygen atoms in total. The Kier molecular flexibility index (Phi) is 3.95. The lowest BCUT2D eigenvalue weighted by Gasteiger charge is -2.08. The van der Waals surface area contributed by atoms with Gasteiger partial charge in [0.25, 0.3) is 0 Å². The summed E-state index contributed by atoms with van der Waals surface area (Å²) in [5.41, 5.74) is 0.723. The molecule has 84 valence electrons. The third kappa shape index (κ3) is 4.51. The normalized spacial score (nSPS) is 11.4. The molecule has 5 heteroatoms. The van der Waals surface area contributed by atoms with Crippen LogP contribution in [0.1, 0.15) is 5.56 Å². The Bertz CT molecular complexity index is 401. The molecule has 0 aliphatic carbocycles. The van der Waals surface area contributed by atoms with Crippen molar-refractivity contribution in [1.29, 1.82) is 5.26 Å². The summed E-state index contributed by atoms with van der Waals surface area (Å²) in [6, 6.07) is 7.79. The lowest BCUT2D eigenvalue weighted by Crippen LogP contribution is -2.19. The fraction of sp³-hybridized carbons (Fsp3) is 0.182. The van der Waals surface area contributed by atoms with Crippen molar-refractivity contribution in [2.24, 2.45) is 0 Å². The van der Waals surface area contributed by atoms with Crippen molar-refractivity contribution < 1.29 is 17.9 Å². The summed E-state index contributed by atoms with van der Waals surface area (Å²) in [6.07, 6.45) is -1.50. The molecule has 0 heterocycles. The molecular formula is C11H8F3NO. The lowest BCUT2D eigenvalue weighted by molar-refractivity contribution is -0.153. The first-order chi connectivity index (χ1) is 7.51. The quantitative estimate of drug-likeness (QED) is 0.743. The highest BCUT2D eigenvalue weighted by Crippen LogP contribution is 2.19. The first-order valence-corrected chi connectivity index (χ1v) is 4.37. The molecule has 0 saturated heterocycles. The average molecular weight is 227 g/mol. The first kappa shape index (κ1) is 12.1. The highest BCUT2D eigenvalue weighted by atomic mass is 19.4. The van der Waals surface area contributed by atoms with Gasteiger partial charge in [-0.1, -0.05) is 12.1 Å². The van der Waals surface area contributed by atoms with Crippen molar-refractivity contribution in [3.05, 3.63) is 35.9 Å². The number of benzene rings is 1. The smallest absolute Gasteiger partial charge is 0.422 e. The molecule has 16 heavy (non-hydrogen) atoms. The molecule has 0 unspecified atom stereocenters. The van der Waals surface area contributed by atoms with Crippen molar-refractivity contribution in [2.45, 2.75) is 6.18 Å². The van der Waals surface area contributed by atoms with Gasteiger partial charge in [-0.3, -0.25) is 0 Å². The molecule has 0 saturated carbocycles. The molecule has 1 aromatic carbocycles. The van der Waals surface area contributed by atoms with E-state index in [0.29, 0.717) is 0 Å². The van der Waals surface area contributed by atoms with Crippen LogP contribution in [-0.4, -0.2) is 12.8 Å². The highest BCUT2D eigenvalue weighted by Gasteiger charge is 2.28. The number of nitriles is 1. The molecule has 0 aromatic heterocycles. The number of nitrogens with zero attached hydrogens (tertiary/aromatic N) is 1. The monoisotopic (exact) mass is 227 g/mol. The molecule has 0 amide bonds. The van der Waals surface area contributed by atoms with Gasteiger partial charge in [-0.05, 0) is 23.8 Å². The van der Waals surface area contributed by atoms with E-state index in [1.165, 1.54) is 18.2 Å². The number of hydrogen-bond donors (Lipinski definition) is 0. The average Bonchev–Trinajstić information content (AvgIpc) is 2.24. The van der Waals surface area contributed by atoms with Gasteiger partial charge in [0.2, 0.25) is 0 Å². The van der Waals surface area contributed by atoms with Crippen molar-refractivity contribution in [3.8, 4) is 11.8 Å². The molecule has 0 radical (unpaired) electrons. The minimum atomic E-state index is -4.33. The third-order valence-electron chi connectivity index (χ3n) is 1.63. The van der Waals surface area contributed by atoms with Crippen molar-refractivity contribution >= 4 is 6.08 Å². The Hall–Kier alpha value is -1.96. The van der Waals surface area contributed by atoms with E-state index in [9.17, 15) is 13.2 Å². The fourth-order valence-electron chi connectivity index (χ4n) is 0.974. The van der Waals surface area contributed by atoms with Crippen molar-refractivity contribution in [2.75, 3.05) is 6.61 Å². The highest BCUT2D eigenvalue weighted by molar-refractivity contribution is 5.52. The lowest BCUT2D eigenvalue weighted by atomic mass is 10.2. The second-order valence-electron chi connectivity index (χ2n) is 2.94. The Morgan fingerprint density at radius 3 is 2.38 bits per heavy atom. The standard InChI is InChI=1S/C11H8F3NO/c12-11(13,14)8-16-10-5-3-9(4-6-10)2-1-7-15/h1-6H,8H2/b2-1+. The summed E-state index contributed by atoms with van der Waals surface area (Å²) in [4.78, 5) is 0. The number of ether oxygens (including phenoxy) is 1. The SMILES string of the molecule is N#C/C=C/c1ccc(OCC(F)(F)F)cc1. The topological polar surface area (TPSA) is 33.0 Å². The molecule has 1 rings (SSSR count). The van der Waals surface area contributed by atoms with E-state index in [1.807, 2.05) is 6.07 Å². The van der Waals surface area contributed by atoms with Gasteiger partial charge in [0.1, 0.15) is 5.75 Å². The minimum absolute atomic E-state index is 0.145. The number of allylic oxidation sites excluding steroid dienone is 1. The van der Waals surface area contributed by atoms with E-state index in [0.717, 1.165) is 5.56 Å². The van der Waals surface area contributed by atoms with Crippen LogP contribution in [0.2, 0.25) is 0 Å². The Balaban J connectivity index is 2.59. The van der Waals surface area contributed by atoms with Crippen LogP contribution in [0.15, 0.2) is 30.3 Å². The van der Waals surface area contributed by atoms with Gasteiger partial charge in [0.05, 0.1) is 6.07 Å². The van der Waals surface area contributed by atoms with Crippen LogP contribution in [0.25, 0.3) is 6.08 Å². The Morgan fingerprint density at radius 1 is 1.25 bits per heavy atom. The first-order valence-electron chi connectivity index (χ1n) is 4.37. The maximum Gasteiger partial charge on any atom is 0.422 e. The Morgan fingerprint density at radius 2 is 1.88 bits per heavy atom. The summed E-state index contributed by atoms with van der Waals surface area (Å²) < 4.78 is 40.0. The molecule has 0 aliphatic rings. The maximum absolute atomic E-state index is 11.8. The summed E-state index contributed by atoms with van der Waals surface area (Å²) >= 11 is 0.